The van der Waals surface area contributed by atoms with Crippen molar-refractivity contribution < 1.29 is 23.8 Å². The first-order valence-corrected chi connectivity index (χ1v) is 11.1. The van der Waals surface area contributed by atoms with E-state index in [0.717, 1.165) is 37.0 Å². The van der Waals surface area contributed by atoms with E-state index in [0.29, 0.717) is 19.6 Å². The van der Waals surface area contributed by atoms with Gasteiger partial charge in [-0.15, -0.1) is 0 Å². The molecule has 0 spiro atoms. The molecular formula is C22H33BrO5. The molecule has 0 saturated heterocycles. The van der Waals surface area contributed by atoms with Crippen LogP contribution in [0.3, 0.4) is 0 Å². The molecule has 0 aliphatic heterocycles. The van der Waals surface area contributed by atoms with E-state index in [2.05, 4.69) is 15.9 Å². The number of carbonyl (C=O) groups excluding carboxylic acids is 2. The summed E-state index contributed by atoms with van der Waals surface area (Å²) in [7, 11) is 1.38. The highest BCUT2D eigenvalue weighted by Crippen LogP contribution is 2.26. The maximum absolute atomic E-state index is 11.5. The van der Waals surface area contributed by atoms with E-state index in [-0.39, 0.29) is 11.9 Å². The number of benzene rings is 1. The molecule has 0 amide bonds. The number of unbranched alkanes of at least 4 members (excludes halogenated alkanes) is 7. The third kappa shape index (κ3) is 10.7. The first-order valence-electron chi connectivity index (χ1n) is 10.2. The minimum absolute atomic E-state index is 0.0763. The molecule has 1 atom stereocenters. The summed E-state index contributed by atoms with van der Waals surface area (Å²) >= 11 is 3.32. The molecule has 158 valence electrons. The van der Waals surface area contributed by atoms with Crippen molar-refractivity contribution in [3.8, 4) is 5.75 Å². The summed E-state index contributed by atoms with van der Waals surface area (Å²) in [6.45, 7) is 3.01. The molecule has 0 N–H and O–H groups in total. The van der Waals surface area contributed by atoms with E-state index >= 15 is 0 Å². The molecule has 6 heteroatoms. The summed E-state index contributed by atoms with van der Waals surface area (Å²) < 4.78 is 15.4. The Morgan fingerprint density at radius 1 is 0.929 bits per heavy atom. The van der Waals surface area contributed by atoms with Crippen LogP contribution in [0.5, 0.6) is 5.75 Å². The molecule has 1 aromatic carbocycles. The highest BCUT2D eigenvalue weighted by Gasteiger charge is 2.17. The number of methoxy groups -OCH3 is 1. The molecule has 5 nitrogen and oxygen atoms in total. The van der Waals surface area contributed by atoms with Gasteiger partial charge in [0.15, 0.2) is 0 Å². The second-order valence-corrected chi connectivity index (χ2v) is 7.60. The van der Waals surface area contributed by atoms with E-state index in [9.17, 15) is 9.59 Å². The van der Waals surface area contributed by atoms with E-state index in [1.54, 1.807) is 0 Å². The number of carbonyl (C=O) groups is 2. The second-order valence-electron chi connectivity index (χ2n) is 6.69. The van der Waals surface area contributed by atoms with Crippen molar-refractivity contribution in [2.75, 3.05) is 20.3 Å². The maximum Gasteiger partial charge on any atom is 0.323 e. The van der Waals surface area contributed by atoms with E-state index in [1.165, 1.54) is 32.8 Å². The average Bonchev–Trinajstić information content (AvgIpc) is 2.71. The van der Waals surface area contributed by atoms with Crippen LogP contribution in [0.25, 0.3) is 0 Å². The molecule has 0 aromatic heterocycles. The van der Waals surface area contributed by atoms with Gasteiger partial charge in [0.1, 0.15) is 10.6 Å². The van der Waals surface area contributed by atoms with Gasteiger partial charge in [0.05, 0.1) is 20.3 Å². The number of hydrogen-bond acceptors (Lipinski definition) is 5. The molecule has 0 bridgehead atoms. The smallest absolute Gasteiger partial charge is 0.323 e. The number of rotatable bonds is 15. The Balaban J connectivity index is 2.00. The largest absolute Gasteiger partial charge is 0.494 e. The Bertz CT molecular complexity index is 559. The highest BCUT2D eigenvalue weighted by molar-refractivity contribution is 9.09. The van der Waals surface area contributed by atoms with Crippen LogP contribution in [0.15, 0.2) is 24.3 Å². The van der Waals surface area contributed by atoms with Crippen LogP contribution < -0.4 is 4.74 Å². The summed E-state index contributed by atoms with van der Waals surface area (Å²) in [5.41, 5.74) is 0.849. The standard InChI is InChI=1S/C22H33BrO5/c1-3-27-20(24)12-10-8-6-4-5-7-9-11-17-28-19-15-13-18(14-16-19)21(23)22(25)26-2/h13-16,21H,3-12,17H2,1-2H3. The quantitative estimate of drug-likeness (QED) is 0.191. The lowest BCUT2D eigenvalue weighted by Crippen LogP contribution is -2.08. The van der Waals surface area contributed by atoms with Gasteiger partial charge < -0.3 is 14.2 Å². The fourth-order valence-electron chi connectivity index (χ4n) is 2.83. The second kappa shape index (κ2) is 15.4. The summed E-state index contributed by atoms with van der Waals surface area (Å²) in [5, 5.41) is 0. The molecule has 0 saturated carbocycles. The Hall–Kier alpha value is -1.56. The van der Waals surface area contributed by atoms with Crippen LogP contribution in [0, 0.1) is 0 Å². The molecule has 0 heterocycles. The zero-order chi connectivity index (χ0) is 20.6. The van der Waals surface area contributed by atoms with Gasteiger partial charge in [-0.3, -0.25) is 9.59 Å². The van der Waals surface area contributed by atoms with Crippen molar-refractivity contribution >= 4 is 27.9 Å². The van der Waals surface area contributed by atoms with Gasteiger partial charge in [-0.2, -0.15) is 0 Å². The molecular weight excluding hydrogens is 424 g/mol. The number of esters is 2. The van der Waals surface area contributed by atoms with Crippen molar-refractivity contribution in [1.29, 1.82) is 0 Å². The van der Waals surface area contributed by atoms with Crippen LogP contribution in [0.2, 0.25) is 0 Å². The lowest BCUT2D eigenvalue weighted by Gasteiger charge is -2.10. The van der Waals surface area contributed by atoms with E-state index in [4.69, 9.17) is 14.2 Å². The monoisotopic (exact) mass is 456 g/mol. The summed E-state index contributed by atoms with van der Waals surface area (Å²) in [5.74, 6) is 0.426. The van der Waals surface area contributed by atoms with Gasteiger partial charge in [0.2, 0.25) is 0 Å². The van der Waals surface area contributed by atoms with Gasteiger partial charge in [-0.05, 0) is 37.5 Å². The lowest BCUT2D eigenvalue weighted by molar-refractivity contribution is -0.143. The molecule has 0 aliphatic carbocycles. The van der Waals surface area contributed by atoms with Gasteiger partial charge >= 0.3 is 11.9 Å². The van der Waals surface area contributed by atoms with E-state index in [1.807, 2.05) is 31.2 Å². The SMILES string of the molecule is CCOC(=O)CCCCCCCCCCOc1ccc(C(Br)C(=O)OC)cc1. The Morgan fingerprint density at radius 2 is 1.50 bits per heavy atom. The van der Waals surface area contributed by atoms with Crippen LogP contribution in [0.1, 0.15) is 75.1 Å². The Labute approximate surface area is 177 Å². The van der Waals surface area contributed by atoms with Crippen molar-refractivity contribution in [3.05, 3.63) is 29.8 Å². The third-order valence-corrected chi connectivity index (χ3v) is 5.33. The predicted octanol–water partition coefficient (Wildman–Crippen LogP) is 5.75. The van der Waals surface area contributed by atoms with E-state index < -0.39 is 4.83 Å². The van der Waals surface area contributed by atoms with Crippen LogP contribution >= 0.6 is 15.9 Å². The predicted molar refractivity (Wildman–Crippen MR) is 114 cm³/mol. The van der Waals surface area contributed by atoms with Crippen molar-refractivity contribution in [1.82, 2.24) is 0 Å². The minimum atomic E-state index is -0.447. The molecule has 0 fully saturated rings. The first kappa shape index (κ1) is 24.5. The van der Waals surface area contributed by atoms with Gasteiger partial charge in [0.25, 0.3) is 0 Å². The molecule has 1 aromatic rings. The molecule has 1 rings (SSSR count). The number of alkyl halides is 1. The van der Waals surface area contributed by atoms with Crippen molar-refractivity contribution in [3.63, 3.8) is 0 Å². The fraction of sp³-hybridized carbons (Fsp3) is 0.636. The zero-order valence-electron chi connectivity index (χ0n) is 17.1. The van der Waals surface area contributed by atoms with Gasteiger partial charge in [-0.1, -0.05) is 66.6 Å². The average molecular weight is 457 g/mol. The summed E-state index contributed by atoms with van der Waals surface area (Å²) in [4.78, 5) is 22.3. The molecule has 1 unspecified atom stereocenters. The fourth-order valence-corrected chi connectivity index (χ4v) is 3.32. The maximum atomic E-state index is 11.5. The summed E-state index contributed by atoms with van der Waals surface area (Å²) in [6.07, 6.45) is 9.62. The summed E-state index contributed by atoms with van der Waals surface area (Å²) in [6, 6.07) is 7.49. The van der Waals surface area contributed by atoms with Gasteiger partial charge in [-0.25, -0.2) is 0 Å². The van der Waals surface area contributed by atoms with Crippen molar-refractivity contribution in [2.24, 2.45) is 0 Å². The molecule has 0 aliphatic rings. The molecule has 28 heavy (non-hydrogen) atoms. The van der Waals surface area contributed by atoms with Crippen LogP contribution in [-0.2, 0) is 19.1 Å². The number of hydrogen-bond donors (Lipinski definition) is 0. The minimum Gasteiger partial charge on any atom is -0.494 e. The highest BCUT2D eigenvalue weighted by atomic mass is 79.9. The topological polar surface area (TPSA) is 61.8 Å². The van der Waals surface area contributed by atoms with Crippen molar-refractivity contribution in [2.45, 2.75) is 69.5 Å². The molecule has 0 radical (unpaired) electrons. The number of ether oxygens (including phenoxy) is 3. The van der Waals surface area contributed by atoms with Crippen LogP contribution in [-0.4, -0.2) is 32.3 Å². The lowest BCUT2D eigenvalue weighted by atomic mass is 10.1. The number of halogens is 1. The normalized spacial score (nSPS) is 11.7. The Morgan fingerprint density at radius 3 is 2.07 bits per heavy atom. The van der Waals surface area contributed by atoms with Crippen LogP contribution in [0.4, 0.5) is 0 Å². The Kier molecular flexibility index (Phi) is 13.4. The van der Waals surface area contributed by atoms with Gasteiger partial charge in [0, 0.05) is 6.42 Å². The first-order chi connectivity index (χ1) is 13.6. The third-order valence-electron chi connectivity index (χ3n) is 4.43. The zero-order valence-corrected chi connectivity index (χ0v) is 18.7.